The van der Waals surface area contributed by atoms with Gasteiger partial charge in [-0.1, -0.05) is 10.4 Å². The largest absolute Gasteiger partial charge is 0.480 e. The summed E-state index contributed by atoms with van der Waals surface area (Å²) in [5.41, 5.74) is 8.24. The van der Waals surface area contributed by atoms with Crippen LogP contribution < -0.4 is 11.2 Å². The highest BCUT2D eigenvalue weighted by Crippen LogP contribution is 2.46. The van der Waals surface area contributed by atoms with Crippen LogP contribution >= 0.6 is 24.6 Å². The highest BCUT2D eigenvalue weighted by molar-refractivity contribution is 7.94. The van der Waals surface area contributed by atoms with Crippen LogP contribution in [0.4, 0.5) is 0 Å². The second kappa shape index (κ2) is 5.02. The molecular formula is C10H16N5O4S2+. The summed E-state index contributed by atoms with van der Waals surface area (Å²) < 4.78 is -0.0982. The molecule has 0 aromatic rings. The normalized spacial score (nSPS) is 38.6. The summed E-state index contributed by atoms with van der Waals surface area (Å²) in [6, 6.07) is -1.62. The zero-order valence-corrected chi connectivity index (χ0v) is 12.7. The van der Waals surface area contributed by atoms with Gasteiger partial charge in [0.2, 0.25) is 5.91 Å². The minimum atomic E-state index is -0.926. The van der Waals surface area contributed by atoms with Crippen molar-refractivity contribution in [2.45, 2.75) is 24.5 Å². The summed E-state index contributed by atoms with van der Waals surface area (Å²) in [7, 11) is 0. The maximum absolute atomic E-state index is 12.5. The van der Waals surface area contributed by atoms with Crippen LogP contribution in [0.25, 0.3) is 0 Å². The van der Waals surface area contributed by atoms with Crippen LogP contribution in [-0.4, -0.2) is 73.3 Å². The molecule has 0 radical (unpaired) electrons. The average Bonchev–Trinajstić information content (AvgIpc) is 2.96. The topological polar surface area (TPSA) is 116 Å². The molecule has 4 atom stereocenters. The van der Waals surface area contributed by atoms with Gasteiger partial charge in [-0.2, -0.15) is 12.6 Å². The number of carboxylic acid groups (broad SMARTS) is 1. The first-order valence-corrected chi connectivity index (χ1v) is 8.02. The second-order valence-corrected chi connectivity index (χ2v) is 6.65. The van der Waals surface area contributed by atoms with Gasteiger partial charge < -0.3 is 10.8 Å². The number of carbonyl (C=O) groups is 3. The molecule has 1 spiro atoms. The molecule has 3 rings (SSSR count). The first-order valence-electron chi connectivity index (χ1n) is 6.44. The Morgan fingerprint density at radius 3 is 2.86 bits per heavy atom. The fourth-order valence-electron chi connectivity index (χ4n) is 3.04. The highest BCUT2D eigenvalue weighted by Gasteiger charge is 2.70. The summed E-state index contributed by atoms with van der Waals surface area (Å²) in [6.07, 6.45) is -0.110. The zero-order valence-electron chi connectivity index (χ0n) is 11.0. The van der Waals surface area contributed by atoms with Crippen LogP contribution in [0.5, 0.6) is 0 Å². The number of nitrogens with two attached hydrogens (primary N) is 1. The maximum atomic E-state index is 12.5. The lowest BCUT2D eigenvalue weighted by Gasteiger charge is -2.31. The van der Waals surface area contributed by atoms with Crippen molar-refractivity contribution in [3.8, 4) is 0 Å². The standard InChI is InChI=1S/C10H15N5O4S2/c11-8(16)1-6-9(17)14-5(3-20)2-13-7(10(18)19)4-21-15(13,14)12-6/h5-7,12H,1-4H2,(H3-,11,16,18,19,20)/p+1/t5?,6-,7+,15?/m0/s1. The monoisotopic (exact) mass is 334 g/mol. The van der Waals surface area contributed by atoms with Crippen LogP contribution in [0, 0.1) is 0 Å². The van der Waals surface area contributed by atoms with E-state index in [0.717, 1.165) is 0 Å². The molecule has 3 saturated heterocycles. The summed E-state index contributed by atoms with van der Waals surface area (Å²) >= 11 is 5.56. The Kier molecular flexibility index (Phi) is 3.56. The lowest BCUT2D eigenvalue weighted by atomic mass is 10.2. The van der Waals surface area contributed by atoms with E-state index < -0.39 is 24.0 Å². The fourth-order valence-corrected chi connectivity index (χ4v) is 4.84. The number of nitrogens with one attached hydrogen (secondary N) is 1. The van der Waals surface area contributed by atoms with Gasteiger partial charge in [-0.05, 0) is 4.22 Å². The zero-order chi connectivity index (χ0) is 15.4. The number of rotatable bonds is 4. The van der Waals surface area contributed by atoms with E-state index in [-0.39, 0.29) is 22.6 Å². The second-order valence-electron chi connectivity index (χ2n) is 5.19. The van der Waals surface area contributed by atoms with E-state index in [1.165, 1.54) is 11.9 Å². The summed E-state index contributed by atoms with van der Waals surface area (Å²) in [4.78, 5) is 35.0. The van der Waals surface area contributed by atoms with Crippen LogP contribution in [-0.2, 0) is 14.4 Å². The van der Waals surface area contributed by atoms with Gasteiger partial charge in [0.15, 0.2) is 12.1 Å². The Morgan fingerprint density at radius 2 is 2.29 bits per heavy atom. The Morgan fingerprint density at radius 1 is 1.57 bits per heavy atom. The van der Waals surface area contributed by atoms with Gasteiger partial charge in [-0.15, -0.1) is 5.01 Å². The lowest BCUT2D eigenvalue weighted by Crippen LogP contribution is -2.61. The van der Waals surface area contributed by atoms with Crippen molar-refractivity contribution in [3.05, 3.63) is 0 Å². The average molecular weight is 334 g/mol. The molecule has 9 nitrogen and oxygen atoms in total. The van der Waals surface area contributed by atoms with Crippen molar-refractivity contribution in [2.24, 2.45) is 5.73 Å². The van der Waals surface area contributed by atoms with E-state index in [1.54, 1.807) is 10.0 Å². The number of thiol groups is 1. The molecule has 21 heavy (non-hydrogen) atoms. The van der Waals surface area contributed by atoms with Crippen LogP contribution in [0.2, 0.25) is 0 Å². The molecule has 2 amide bonds. The minimum Gasteiger partial charge on any atom is -0.480 e. The van der Waals surface area contributed by atoms with E-state index in [1.807, 2.05) is 0 Å². The number of hydrogen-bond donors (Lipinski definition) is 4. The third kappa shape index (κ3) is 2.03. The number of nitrogens with zero attached hydrogens (tertiary/aromatic N) is 3. The molecular weight excluding hydrogens is 318 g/mol. The molecule has 0 bridgehead atoms. The first-order chi connectivity index (χ1) is 9.90. The van der Waals surface area contributed by atoms with Gasteiger partial charge in [0.1, 0.15) is 18.0 Å². The Hall–Kier alpha value is -1.01. The number of aliphatic carboxylic acids is 1. The number of amides is 2. The molecule has 3 heterocycles. The van der Waals surface area contributed by atoms with Gasteiger partial charge in [0, 0.05) is 5.75 Å². The molecule has 116 valence electrons. The van der Waals surface area contributed by atoms with Gasteiger partial charge in [0.05, 0.1) is 18.7 Å². The molecule has 0 saturated carbocycles. The van der Waals surface area contributed by atoms with Gasteiger partial charge in [-0.3, -0.25) is 14.4 Å². The Bertz CT molecular complexity index is 520. The molecule has 3 fully saturated rings. The molecule has 3 aliphatic heterocycles. The lowest BCUT2D eigenvalue weighted by molar-refractivity contribution is -1.02. The van der Waals surface area contributed by atoms with Gasteiger partial charge >= 0.3 is 5.97 Å². The first kappa shape index (κ1) is 14.9. The van der Waals surface area contributed by atoms with Crippen molar-refractivity contribution in [2.75, 3.05) is 18.1 Å². The van der Waals surface area contributed by atoms with Crippen molar-refractivity contribution in [1.29, 1.82) is 0 Å². The van der Waals surface area contributed by atoms with E-state index in [4.69, 9.17) is 5.73 Å². The molecule has 11 heteroatoms. The van der Waals surface area contributed by atoms with Crippen LogP contribution in [0.3, 0.4) is 0 Å². The third-order valence-electron chi connectivity index (χ3n) is 3.91. The van der Waals surface area contributed by atoms with Gasteiger partial charge in [0.25, 0.3) is 5.91 Å². The third-order valence-corrected chi connectivity index (χ3v) is 5.64. The van der Waals surface area contributed by atoms with Crippen molar-refractivity contribution >= 4 is 42.4 Å². The predicted molar refractivity (Wildman–Crippen MR) is 76.1 cm³/mol. The molecule has 3 aliphatic rings. The SMILES string of the molecule is NC(=O)C[C@@H]1N[N+]23SC[C@H](C(=O)O)N2CC(CS)N3C1=O. The fraction of sp³-hybridized carbons (Fsp3) is 0.700. The molecule has 2 unspecified atom stereocenters. The summed E-state index contributed by atoms with van der Waals surface area (Å²) in [6.45, 7) is 0.426. The van der Waals surface area contributed by atoms with Crippen LogP contribution in [0.15, 0.2) is 0 Å². The van der Waals surface area contributed by atoms with Crippen molar-refractivity contribution in [3.63, 3.8) is 0 Å². The molecule has 0 aromatic heterocycles. The van der Waals surface area contributed by atoms with E-state index in [0.29, 0.717) is 18.1 Å². The highest BCUT2D eigenvalue weighted by atomic mass is 32.2. The summed E-state index contributed by atoms with van der Waals surface area (Å²) in [5, 5.41) is 12.6. The predicted octanol–water partition coefficient (Wildman–Crippen LogP) is -2.05. The Balaban J connectivity index is 1.94. The molecule has 4 N–H and O–H groups in total. The van der Waals surface area contributed by atoms with E-state index in [9.17, 15) is 19.5 Å². The molecule has 0 aromatic carbocycles. The quantitative estimate of drug-likeness (QED) is 0.266. The van der Waals surface area contributed by atoms with Crippen molar-refractivity contribution < 1.29 is 23.7 Å². The maximum Gasteiger partial charge on any atom is 0.327 e. The van der Waals surface area contributed by atoms with Crippen molar-refractivity contribution in [1.82, 2.24) is 15.4 Å². The number of quaternary nitrogens is 1. The van der Waals surface area contributed by atoms with E-state index in [2.05, 4.69) is 18.1 Å². The molecule has 0 aliphatic carbocycles. The number of carboxylic acids is 1. The number of carbonyl (C=O) groups excluding carboxylic acids is 2. The van der Waals surface area contributed by atoms with Gasteiger partial charge in [-0.25, -0.2) is 0 Å². The van der Waals surface area contributed by atoms with E-state index >= 15 is 0 Å². The Labute approximate surface area is 130 Å². The summed E-state index contributed by atoms with van der Waals surface area (Å²) in [5.74, 6) is -0.970. The number of hydrogen-bond acceptors (Lipinski definition) is 7. The minimum absolute atomic E-state index is 0.0982. The smallest absolute Gasteiger partial charge is 0.327 e. The number of primary amides is 1. The van der Waals surface area contributed by atoms with Crippen LogP contribution in [0.1, 0.15) is 6.42 Å².